The van der Waals surface area contributed by atoms with Gasteiger partial charge in [0.05, 0.1) is 16.8 Å². The van der Waals surface area contributed by atoms with Gasteiger partial charge in [0, 0.05) is 43.4 Å². The van der Waals surface area contributed by atoms with Crippen LogP contribution in [-0.2, 0) is 9.53 Å². The number of fused-ring (bicyclic) bond motifs is 2. The van der Waals surface area contributed by atoms with Crippen LogP contribution < -0.4 is 20.1 Å². The predicted molar refractivity (Wildman–Crippen MR) is 145 cm³/mol. The molecule has 1 atom stereocenters. The fraction of sp³-hybridized carbons (Fsp3) is 0.333. The highest BCUT2D eigenvalue weighted by Crippen LogP contribution is 2.39. The van der Waals surface area contributed by atoms with E-state index in [9.17, 15) is 4.79 Å². The first-order chi connectivity index (χ1) is 19.0. The SMILES string of the molecule is Nc1c2c(-c3ccc4c(c3)OCO4)nc(N3CCN(C(=O)[C@H]4CCCO4)CC3)nc2nn1-c1ccc(Cl)cc1. The van der Waals surface area contributed by atoms with Crippen molar-refractivity contribution in [2.24, 2.45) is 0 Å². The number of nitrogens with zero attached hydrogens (tertiary/aromatic N) is 6. The van der Waals surface area contributed by atoms with Crippen molar-refractivity contribution in [3.63, 3.8) is 0 Å². The third-order valence-corrected chi connectivity index (χ3v) is 7.61. The molecule has 0 saturated carbocycles. The number of hydrogen-bond acceptors (Lipinski definition) is 9. The Hall–Kier alpha value is -4.09. The average Bonchev–Trinajstić information content (AvgIpc) is 3.73. The number of hydrogen-bond donors (Lipinski definition) is 1. The van der Waals surface area contributed by atoms with Gasteiger partial charge in [0.15, 0.2) is 17.1 Å². The maximum absolute atomic E-state index is 12.8. The number of carbonyl (C=O) groups excluding carboxylic acids is 1. The summed E-state index contributed by atoms with van der Waals surface area (Å²) in [6.45, 7) is 3.16. The second-order valence-electron chi connectivity index (χ2n) is 9.73. The number of nitrogen functional groups attached to an aromatic ring is 1. The largest absolute Gasteiger partial charge is 0.454 e. The molecule has 39 heavy (non-hydrogen) atoms. The van der Waals surface area contributed by atoms with E-state index in [0.717, 1.165) is 24.1 Å². The fourth-order valence-corrected chi connectivity index (χ4v) is 5.40. The van der Waals surface area contributed by atoms with Gasteiger partial charge >= 0.3 is 0 Å². The number of carbonyl (C=O) groups is 1. The summed E-state index contributed by atoms with van der Waals surface area (Å²) in [5, 5.41) is 6.01. The summed E-state index contributed by atoms with van der Waals surface area (Å²) in [7, 11) is 0. The molecule has 1 amide bonds. The van der Waals surface area contributed by atoms with Crippen molar-refractivity contribution < 1.29 is 19.0 Å². The van der Waals surface area contributed by atoms with Gasteiger partial charge in [-0.25, -0.2) is 9.67 Å². The first kappa shape index (κ1) is 24.0. The van der Waals surface area contributed by atoms with Gasteiger partial charge in [-0.1, -0.05) is 11.6 Å². The highest BCUT2D eigenvalue weighted by atomic mass is 35.5. The zero-order chi connectivity index (χ0) is 26.5. The molecule has 7 rings (SSSR count). The summed E-state index contributed by atoms with van der Waals surface area (Å²) in [5.41, 5.74) is 9.34. The molecule has 4 aromatic rings. The monoisotopic (exact) mass is 547 g/mol. The van der Waals surface area contributed by atoms with Crippen LogP contribution in [0.2, 0.25) is 5.02 Å². The van der Waals surface area contributed by atoms with E-state index >= 15 is 0 Å². The minimum absolute atomic E-state index is 0.0686. The van der Waals surface area contributed by atoms with Gasteiger partial charge < -0.3 is 29.7 Å². The molecule has 2 aromatic carbocycles. The topological polar surface area (TPSA) is 121 Å². The van der Waals surface area contributed by atoms with Gasteiger partial charge in [0.1, 0.15) is 11.9 Å². The molecule has 2 N–H and O–H groups in total. The lowest BCUT2D eigenvalue weighted by Gasteiger charge is -2.35. The zero-order valence-corrected chi connectivity index (χ0v) is 21.8. The number of aromatic nitrogens is 4. The van der Waals surface area contributed by atoms with Gasteiger partial charge in [0.25, 0.3) is 5.91 Å². The van der Waals surface area contributed by atoms with Crippen molar-refractivity contribution in [1.29, 1.82) is 0 Å². The number of benzene rings is 2. The molecule has 2 saturated heterocycles. The Morgan fingerprint density at radius 2 is 1.79 bits per heavy atom. The summed E-state index contributed by atoms with van der Waals surface area (Å²) in [5.74, 6) is 2.34. The maximum Gasteiger partial charge on any atom is 0.251 e. The molecule has 0 aliphatic carbocycles. The third kappa shape index (κ3) is 4.27. The van der Waals surface area contributed by atoms with Crippen molar-refractivity contribution >= 4 is 40.3 Å². The van der Waals surface area contributed by atoms with Crippen LogP contribution in [0.25, 0.3) is 28.0 Å². The van der Waals surface area contributed by atoms with Crippen molar-refractivity contribution in [3.8, 4) is 28.4 Å². The molecular formula is C27H26ClN7O4. The van der Waals surface area contributed by atoms with Gasteiger partial charge in [-0.15, -0.1) is 5.10 Å². The Kier molecular flexibility index (Phi) is 5.89. The molecule has 200 valence electrons. The number of rotatable bonds is 4. The lowest BCUT2D eigenvalue weighted by atomic mass is 10.1. The molecule has 2 fully saturated rings. The van der Waals surface area contributed by atoms with Crippen LogP contribution >= 0.6 is 11.6 Å². The standard InChI is InChI=1S/C27H26ClN7O4/c28-17-4-6-18(7-5-17)35-24(29)22-23(16-3-8-19-21(14-16)39-15-38-19)30-27(31-25(22)32-35)34-11-9-33(10-12-34)26(36)20-2-1-13-37-20/h3-8,14,20H,1-2,9-13,15,29H2/t20-/m1/s1. The molecule has 0 radical (unpaired) electrons. The van der Waals surface area contributed by atoms with Crippen molar-refractivity contribution in [1.82, 2.24) is 24.6 Å². The Morgan fingerprint density at radius 1 is 1.00 bits per heavy atom. The van der Waals surface area contributed by atoms with E-state index in [-0.39, 0.29) is 18.8 Å². The molecular weight excluding hydrogens is 522 g/mol. The van der Waals surface area contributed by atoms with E-state index in [1.807, 2.05) is 35.2 Å². The van der Waals surface area contributed by atoms with Crippen LogP contribution in [0.3, 0.4) is 0 Å². The van der Waals surface area contributed by atoms with Gasteiger partial charge in [-0.3, -0.25) is 4.79 Å². The maximum atomic E-state index is 12.8. The number of nitrogens with two attached hydrogens (primary N) is 1. The number of ether oxygens (including phenoxy) is 3. The van der Waals surface area contributed by atoms with Crippen molar-refractivity contribution in [3.05, 3.63) is 47.5 Å². The Balaban J connectivity index is 1.27. The van der Waals surface area contributed by atoms with Crippen LogP contribution in [0.1, 0.15) is 12.8 Å². The van der Waals surface area contributed by atoms with Gasteiger partial charge in [0.2, 0.25) is 12.7 Å². The van der Waals surface area contributed by atoms with Crippen molar-refractivity contribution in [2.45, 2.75) is 18.9 Å². The lowest BCUT2D eigenvalue weighted by molar-refractivity contribution is -0.141. The molecule has 3 aliphatic heterocycles. The van der Waals surface area contributed by atoms with Crippen LogP contribution in [0.4, 0.5) is 11.8 Å². The molecule has 5 heterocycles. The van der Waals surface area contributed by atoms with Crippen LogP contribution in [0.15, 0.2) is 42.5 Å². The summed E-state index contributed by atoms with van der Waals surface area (Å²) in [4.78, 5) is 26.6. The van der Waals surface area contributed by atoms with Crippen LogP contribution in [0, 0.1) is 0 Å². The normalized spacial score (nSPS) is 18.7. The average molecular weight is 548 g/mol. The smallest absolute Gasteiger partial charge is 0.251 e. The molecule has 11 nitrogen and oxygen atoms in total. The second kappa shape index (κ2) is 9.58. The molecule has 0 bridgehead atoms. The van der Waals surface area contributed by atoms with E-state index in [2.05, 4.69) is 4.90 Å². The summed E-state index contributed by atoms with van der Waals surface area (Å²) in [6.07, 6.45) is 1.40. The Morgan fingerprint density at radius 3 is 2.56 bits per heavy atom. The summed E-state index contributed by atoms with van der Waals surface area (Å²) < 4.78 is 18.4. The van der Waals surface area contributed by atoms with E-state index in [1.54, 1.807) is 16.8 Å². The van der Waals surface area contributed by atoms with E-state index in [0.29, 0.717) is 77.8 Å². The highest BCUT2D eigenvalue weighted by Gasteiger charge is 2.31. The highest BCUT2D eigenvalue weighted by molar-refractivity contribution is 6.30. The molecule has 2 aromatic heterocycles. The number of halogens is 1. The fourth-order valence-electron chi connectivity index (χ4n) is 5.28. The molecule has 12 heteroatoms. The third-order valence-electron chi connectivity index (χ3n) is 7.35. The minimum atomic E-state index is -0.318. The minimum Gasteiger partial charge on any atom is -0.454 e. The van der Waals surface area contributed by atoms with E-state index in [4.69, 9.17) is 46.6 Å². The number of anilines is 2. The zero-order valence-electron chi connectivity index (χ0n) is 21.0. The number of piperazine rings is 1. The summed E-state index contributed by atoms with van der Waals surface area (Å²) in [6, 6.07) is 13.0. The van der Waals surface area contributed by atoms with E-state index in [1.165, 1.54) is 0 Å². The quantitative estimate of drug-likeness (QED) is 0.410. The molecule has 0 spiro atoms. The van der Waals surface area contributed by atoms with E-state index < -0.39 is 0 Å². The van der Waals surface area contributed by atoms with Gasteiger partial charge in [-0.2, -0.15) is 4.98 Å². The Labute approximate surface area is 229 Å². The first-order valence-electron chi connectivity index (χ1n) is 12.9. The second-order valence-corrected chi connectivity index (χ2v) is 10.2. The Bertz CT molecular complexity index is 1560. The van der Waals surface area contributed by atoms with Crippen LogP contribution in [-0.4, -0.2) is 76.2 Å². The number of amides is 1. The summed E-state index contributed by atoms with van der Waals surface area (Å²) >= 11 is 6.10. The molecule has 0 unspecified atom stereocenters. The lowest BCUT2D eigenvalue weighted by Crippen LogP contribution is -2.51. The first-order valence-corrected chi connectivity index (χ1v) is 13.3. The predicted octanol–water partition coefficient (Wildman–Crippen LogP) is 3.27. The van der Waals surface area contributed by atoms with Crippen molar-refractivity contribution in [2.75, 3.05) is 50.2 Å². The van der Waals surface area contributed by atoms with Gasteiger partial charge in [-0.05, 0) is 55.3 Å². The molecule has 3 aliphatic rings. The van der Waals surface area contributed by atoms with Crippen LogP contribution in [0.5, 0.6) is 11.5 Å².